The first-order valence-electron chi connectivity index (χ1n) is 5.55. The van der Waals surface area contributed by atoms with Crippen molar-refractivity contribution in [1.82, 2.24) is 5.32 Å². The average Bonchev–Trinajstić information content (AvgIpc) is 2.67. The minimum absolute atomic E-state index is 0.778. The fraction of sp³-hybridized carbons (Fsp3) is 0.500. The molecule has 2 rings (SSSR count). The third-order valence-corrected chi connectivity index (χ3v) is 4.16. The summed E-state index contributed by atoms with van der Waals surface area (Å²) in [5.41, 5.74) is 1.31. The second-order valence-electron chi connectivity index (χ2n) is 4.25. The van der Waals surface area contributed by atoms with E-state index >= 15 is 0 Å². The van der Waals surface area contributed by atoms with E-state index in [0.29, 0.717) is 0 Å². The van der Waals surface area contributed by atoms with Crippen LogP contribution in [0.4, 0.5) is 5.69 Å². The zero-order chi connectivity index (χ0) is 11.5. The lowest BCUT2D eigenvalue weighted by Gasteiger charge is -2.20. The van der Waals surface area contributed by atoms with E-state index in [0.717, 1.165) is 30.0 Å². The highest BCUT2D eigenvalue weighted by Crippen LogP contribution is 2.32. The van der Waals surface area contributed by atoms with Crippen LogP contribution in [0.3, 0.4) is 0 Å². The average molecular weight is 348 g/mol. The Balaban J connectivity index is 2.08. The summed E-state index contributed by atoms with van der Waals surface area (Å²) in [6.07, 6.45) is 1.28. The monoisotopic (exact) mass is 346 g/mol. The number of halogens is 2. The number of nitrogens with one attached hydrogen (secondary N) is 1. The zero-order valence-electron chi connectivity index (χ0n) is 9.34. The van der Waals surface area contributed by atoms with Gasteiger partial charge in [-0.25, -0.2) is 0 Å². The molecule has 1 atom stereocenters. The second kappa shape index (κ2) is 5.52. The molecule has 1 unspecified atom stereocenters. The van der Waals surface area contributed by atoms with Crippen molar-refractivity contribution in [2.24, 2.45) is 5.92 Å². The van der Waals surface area contributed by atoms with Crippen molar-refractivity contribution in [3.8, 4) is 0 Å². The van der Waals surface area contributed by atoms with Gasteiger partial charge in [0, 0.05) is 22.0 Å². The van der Waals surface area contributed by atoms with Crippen LogP contribution < -0.4 is 10.2 Å². The minimum atomic E-state index is 0.778. The molecule has 1 N–H and O–H groups in total. The molecule has 1 aliphatic heterocycles. The molecule has 0 aliphatic carbocycles. The molecule has 2 nitrogen and oxygen atoms in total. The van der Waals surface area contributed by atoms with Crippen molar-refractivity contribution in [1.29, 1.82) is 0 Å². The number of hydrogen-bond donors (Lipinski definition) is 1. The fourth-order valence-corrected chi connectivity index (χ4v) is 3.54. The lowest BCUT2D eigenvalue weighted by atomic mass is 10.1. The van der Waals surface area contributed by atoms with Crippen molar-refractivity contribution in [2.45, 2.75) is 6.42 Å². The van der Waals surface area contributed by atoms with Crippen molar-refractivity contribution >= 4 is 37.5 Å². The van der Waals surface area contributed by atoms with E-state index in [1.54, 1.807) is 0 Å². The maximum Gasteiger partial charge on any atom is 0.0511 e. The van der Waals surface area contributed by atoms with Crippen molar-refractivity contribution < 1.29 is 0 Å². The fourth-order valence-electron chi connectivity index (χ4n) is 2.24. The Hall–Kier alpha value is -0.0600. The van der Waals surface area contributed by atoms with E-state index in [4.69, 9.17) is 0 Å². The second-order valence-corrected chi connectivity index (χ2v) is 6.02. The van der Waals surface area contributed by atoms with Gasteiger partial charge in [0.15, 0.2) is 0 Å². The van der Waals surface area contributed by atoms with Crippen LogP contribution in [0.25, 0.3) is 0 Å². The van der Waals surface area contributed by atoms with Gasteiger partial charge in [0.1, 0.15) is 0 Å². The van der Waals surface area contributed by atoms with Gasteiger partial charge in [-0.1, -0.05) is 15.9 Å². The Morgan fingerprint density at radius 3 is 2.94 bits per heavy atom. The third-order valence-electron chi connectivity index (χ3n) is 3.03. The number of anilines is 1. The summed E-state index contributed by atoms with van der Waals surface area (Å²) in [7, 11) is 2.03. The molecule has 0 saturated carbocycles. The molecule has 4 heteroatoms. The molecule has 0 radical (unpaired) electrons. The lowest BCUT2D eigenvalue weighted by molar-refractivity contribution is 0.549. The Labute approximate surface area is 114 Å². The van der Waals surface area contributed by atoms with E-state index in [1.807, 2.05) is 7.05 Å². The van der Waals surface area contributed by atoms with Gasteiger partial charge in [0.25, 0.3) is 0 Å². The van der Waals surface area contributed by atoms with Crippen LogP contribution in [0.2, 0.25) is 0 Å². The van der Waals surface area contributed by atoms with Gasteiger partial charge in [0.05, 0.1) is 5.69 Å². The standard InChI is InChI=1S/C12H16Br2N2/c1-15-7-9-4-5-16(8-9)12-3-2-10(13)6-11(12)14/h2-3,6,9,15H,4-5,7-8H2,1H3. The number of hydrogen-bond acceptors (Lipinski definition) is 2. The van der Waals surface area contributed by atoms with Crippen LogP contribution in [0.5, 0.6) is 0 Å². The number of nitrogens with zero attached hydrogens (tertiary/aromatic N) is 1. The largest absolute Gasteiger partial charge is 0.370 e. The van der Waals surface area contributed by atoms with E-state index in [1.165, 1.54) is 16.6 Å². The van der Waals surface area contributed by atoms with Crippen molar-refractivity contribution in [2.75, 3.05) is 31.6 Å². The highest BCUT2D eigenvalue weighted by atomic mass is 79.9. The third kappa shape index (κ3) is 2.79. The van der Waals surface area contributed by atoms with Crippen LogP contribution in [0.1, 0.15) is 6.42 Å². The van der Waals surface area contributed by atoms with Gasteiger partial charge in [-0.15, -0.1) is 0 Å². The van der Waals surface area contributed by atoms with Crippen molar-refractivity contribution in [3.05, 3.63) is 27.1 Å². The molecule has 1 aliphatic rings. The molecule has 0 bridgehead atoms. The summed E-state index contributed by atoms with van der Waals surface area (Å²) in [4.78, 5) is 2.46. The molecule has 1 saturated heterocycles. The van der Waals surface area contributed by atoms with Gasteiger partial charge >= 0.3 is 0 Å². The Kier molecular flexibility index (Phi) is 4.27. The topological polar surface area (TPSA) is 15.3 Å². The molecular formula is C12H16Br2N2. The van der Waals surface area contributed by atoms with Crippen LogP contribution in [0.15, 0.2) is 27.1 Å². The zero-order valence-corrected chi connectivity index (χ0v) is 12.5. The summed E-state index contributed by atoms with van der Waals surface area (Å²) in [6.45, 7) is 3.43. The highest BCUT2D eigenvalue weighted by Gasteiger charge is 2.23. The summed E-state index contributed by atoms with van der Waals surface area (Å²) < 4.78 is 2.29. The highest BCUT2D eigenvalue weighted by molar-refractivity contribution is 9.11. The van der Waals surface area contributed by atoms with E-state index in [-0.39, 0.29) is 0 Å². The molecule has 1 aromatic rings. The molecule has 1 fully saturated rings. The summed E-state index contributed by atoms with van der Waals surface area (Å²) >= 11 is 7.11. The Morgan fingerprint density at radius 1 is 1.44 bits per heavy atom. The smallest absolute Gasteiger partial charge is 0.0511 e. The van der Waals surface area contributed by atoms with Gasteiger partial charge in [-0.05, 0) is 60.1 Å². The Bertz CT molecular complexity index is 368. The molecule has 0 aromatic heterocycles. The number of benzene rings is 1. The predicted molar refractivity (Wildman–Crippen MR) is 76.1 cm³/mol. The molecule has 1 aromatic carbocycles. The molecule has 88 valence electrons. The SMILES string of the molecule is CNCC1CCN(c2ccc(Br)cc2Br)C1. The van der Waals surface area contributed by atoms with Gasteiger partial charge in [0.2, 0.25) is 0 Å². The summed E-state index contributed by atoms with van der Waals surface area (Å²) in [6, 6.07) is 6.39. The molecule has 1 heterocycles. The first-order chi connectivity index (χ1) is 7.70. The number of rotatable bonds is 3. The van der Waals surface area contributed by atoms with Gasteiger partial charge < -0.3 is 10.2 Å². The quantitative estimate of drug-likeness (QED) is 0.902. The first-order valence-corrected chi connectivity index (χ1v) is 7.14. The van der Waals surface area contributed by atoms with E-state index < -0.39 is 0 Å². The van der Waals surface area contributed by atoms with Crippen LogP contribution in [0, 0.1) is 5.92 Å². The maximum absolute atomic E-state index is 3.63. The van der Waals surface area contributed by atoms with Crippen LogP contribution >= 0.6 is 31.9 Å². The molecule has 16 heavy (non-hydrogen) atoms. The van der Waals surface area contributed by atoms with Gasteiger partial charge in [-0.3, -0.25) is 0 Å². The lowest BCUT2D eigenvalue weighted by Crippen LogP contribution is -2.24. The summed E-state index contributed by atoms with van der Waals surface area (Å²) in [5.74, 6) is 0.778. The summed E-state index contributed by atoms with van der Waals surface area (Å²) in [5, 5.41) is 3.26. The van der Waals surface area contributed by atoms with Gasteiger partial charge in [-0.2, -0.15) is 0 Å². The van der Waals surface area contributed by atoms with E-state index in [2.05, 4.69) is 60.3 Å². The molecular weight excluding hydrogens is 332 g/mol. The van der Waals surface area contributed by atoms with E-state index in [9.17, 15) is 0 Å². The minimum Gasteiger partial charge on any atom is -0.370 e. The molecule has 0 spiro atoms. The van der Waals surface area contributed by atoms with Crippen LogP contribution in [-0.2, 0) is 0 Å². The maximum atomic E-state index is 3.63. The van der Waals surface area contributed by atoms with Crippen molar-refractivity contribution in [3.63, 3.8) is 0 Å². The molecule has 0 amide bonds. The first kappa shape index (κ1) is 12.4. The Morgan fingerprint density at radius 2 is 2.25 bits per heavy atom. The normalized spacial score (nSPS) is 20.4. The predicted octanol–water partition coefficient (Wildman–Crippen LogP) is 3.26. The van der Waals surface area contributed by atoms with Crippen LogP contribution in [-0.4, -0.2) is 26.7 Å².